The van der Waals surface area contributed by atoms with Crippen LogP contribution in [-0.4, -0.2) is 14.2 Å². The molecule has 1 aromatic rings. The van der Waals surface area contributed by atoms with Crippen LogP contribution in [0.3, 0.4) is 0 Å². The molecule has 2 nitrogen and oxygen atoms in total. The van der Waals surface area contributed by atoms with Crippen LogP contribution in [0.4, 0.5) is 0 Å². The minimum Gasteiger partial charge on any atom is -0.496 e. The highest BCUT2D eigenvalue weighted by Crippen LogP contribution is 2.54. The average Bonchev–Trinajstić information content (AvgIpc) is 2.37. The molecule has 0 saturated carbocycles. The van der Waals surface area contributed by atoms with Crippen molar-refractivity contribution in [2.75, 3.05) is 14.2 Å². The molecule has 0 N–H and O–H groups in total. The van der Waals surface area contributed by atoms with E-state index in [9.17, 15) is 0 Å². The number of fused-ring (bicyclic) bond motifs is 1. The minimum absolute atomic E-state index is 0.514. The van der Waals surface area contributed by atoms with Crippen molar-refractivity contribution in [3.05, 3.63) is 34.9 Å². The number of hydrogen-bond acceptors (Lipinski definition) is 2. The fraction of sp³-hybridized carbons (Fsp3) is 0.467. The summed E-state index contributed by atoms with van der Waals surface area (Å²) in [5.74, 6) is 3.07. The molecule has 0 unspecified atom stereocenters. The molecule has 3 aliphatic carbocycles. The van der Waals surface area contributed by atoms with E-state index in [0.717, 1.165) is 11.5 Å². The Morgan fingerprint density at radius 2 is 1.65 bits per heavy atom. The maximum absolute atomic E-state index is 5.53. The fourth-order valence-corrected chi connectivity index (χ4v) is 3.38. The molecule has 3 aliphatic rings. The second-order valence-corrected chi connectivity index (χ2v) is 4.94. The van der Waals surface area contributed by atoms with Gasteiger partial charge in [-0.25, -0.2) is 0 Å². The Bertz CT molecular complexity index is 488. The molecule has 0 spiro atoms. The summed E-state index contributed by atoms with van der Waals surface area (Å²) in [5, 5.41) is 0. The largest absolute Gasteiger partial charge is 0.496 e. The van der Waals surface area contributed by atoms with Gasteiger partial charge in [-0.1, -0.05) is 11.6 Å². The van der Waals surface area contributed by atoms with Gasteiger partial charge in [0.05, 0.1) is 14.2 Å². The van der Waals surface area contributed by atoms with Crippen LogP contribution in [0.1, 0.15) is 42.7 Å². The number of benzene rings is 1. The zero-order valence-electron chi connectivity index (χ0n) is 10.6. The highest BCUT2D eigenvalue weighted by atomic mass is 16.5. The Labute approximate surface area is 102 Å². The van der Waals surface area contributed by atoms with Gasteiger partial charge in [0.1, 0.15) is 11.5 Å². The molecule has 2 bridgehead atoms. The van der Waals surface area contributed by atoms with Gasteiger partial charge in [0.25, 0.3) is 0 Å². The third-order valence-electron chi connectivity index (χ3n) is 4.15. The van der Waals surface area contributed by atoms with Crippen molar-refractivity contribution in [1.82, 2.24) is 0 Å². The van der Waals surface area contributed by atoms with Crippen LogP contribution in [0.25, 0.3) is 0 Å². The van der Waals surface area contributed by atoms with Crippen LogP contribution in [0, 0.1) is 0 Å². The third-order valence-corrected chi connectivity index (χ3v) is 4.15. The molecule has 2 atom stereocenters. The third kappa shape index (κ3) is 1.40. The van der Waals surface area contributed by atoms with Crippen molar-refractivity contribution < 1.29 is 9.47 Å². The van der Waals surface area contributed by atoms with Gasteiger partial charge in [-0.05, 0) is 31.9 Å². The summed E-state index contributed by atoms with van der Waals surface area (Å²) in [6, 6.07) is 4.06. The van der Waals surface area contributed by atoms with Crippen molar-refractivity contribution in [2.24, 2.45) is 0 Å². The van der Waals surface area contributed by atoms with E-state index in [2.05, 4.69) is 13.0 Å². The second-order valence-electron chi connectivity index (χ2n) is 4.94. The number of allylic oxidation sites excluding steroid dienone is 2. The summed E-state index contributed by atoms with van der Waals surface area (Å²) >= 11 is 0. The molecule has 90 valence electrons. The zero-order chi connectivity index (χ0) is 12.0. The standard InChI is InChI=1S/C15H18O2/c1-9-8-10-4-5-11(9)15-13(17-3)7-6-12(16-2)14(10)15/h6-8,10-11H,4-5H2,1-3H3/t10-,11+/m1/s1. The average molecular weight is 230 g/mol. The summed E-state index contributed by atoms with van der Waals surface area (Å²) in [7, 11) is 3.50. The van der Waals surface area contributed by atoms with Crippen LogP contribution in [-0.2, 0) is 0 Å². The van der Waals surface area contributed by atoms with E-state index < -0.39 is 0 Å². The van der Waals surface area contributed by atoms with Crippen molar-refractivity contribution in [1.29, 1.82) is 0 Å². The molecular weight excluding hydrogens is 212 g/mol. The monoisotopic (exact) mass is 230 g/mol. The molecule has 17 heavy (non-hydrogen) atoms. The van der Waals surface area contributed by atoms with Gasteiger partial charge < -0.3 is 9.47 Å². The van der Waals surface area contributed by atoms with Gasteiger partial charge in [0.15, 0.2) is 0 Å². The number of hydrogen-bond donors (Lipinski definition) is 0. The molecule has 1 aromatic carbocycles. The molecule has 0 aromatic heterocycles. The first-order valence-corrected chi connectivity index (χ1v) is 6.19. The van der Waals surface area contributed by atoms with Gasteiger partial charge in [-0.3, -0.25) is 0 Å². The first-order chi connectivity index (χ1) is 8.26. The van der Waals surface area contributed by atoms with Crippen molar-refractivity contribution in [3.8, 4) is 11.5 Å². The maximum atomic E-state index is 5.53. The lowest BCUT2D eigenvalue weighted by Crippen LogP contribution is -2.21. The van der Waals surface area contributed by atoms with E-state index in [1.54, 1.807) is 14.2 Å². The Balaban J connectivity index is 2.25. The summed E-state index contributed by atoms with van der Waals surface area (Å²) in [6.45, 7) is 2.23. The SMILES string of the molecule is COc1ccc(OC)c2c1[C@H]1C=C(C)[C@@H]2CC1. The molecule has 2 heteroatoms. The lowest BCUT2D eigenvalue weighted by atomic mass is 9.67. The van der Waals surface area contributed by atoms with Gasteiger partial charge in [-0.15, -0.1) is 0 Å². The van der Waals surface area contributed by atoms with E-state index in [4.69, 9.17) is 9.47 Å². The Kier molecular flexibility index (Phi) is 2.39. The Morgan fingerprint density at radius 3 is 2.24 bits per heavy atom. The molecule has 0 amide bonds. The molecule has 0 saturated heterocycles. The topological polar surface area (TPSA) is 18.5 Å². The molecule has 0 fully saturated rings. The van der Waals surface area contributed by atoms with Crippen molar-refractivity contribution in [3.63, 3.8) is 0 Å². The molecule has 4 rings (SSSR count). The smallest absolute Gasteiger partial charge is 0.123 e. The maximum Gasteiger partial charge on any atom is 0.123 e. The Morgan fingerprint density at radius 1 is 1.00 bits per heavy atom. The number of methoxy groups -OCH3 is 2. The number of rotatable bonds is 2. The summed E-state index contributed by atoms with van der Waals surface area (Å²) in [5.41, 5.74) is 4.21. The lowest BCUT2D eigenvalue weighted by Gasteiger charge is -2.38. The Hall–Kier alpha value is -1.44. The fourth-order valence-electron chi connectivity index (χ4n) is 3.38. The summed E-state index contributed by atoms with van der Waals surface area (Å²) in [4.78, 5) is 0. The van der Waals surface area contributed by atoms with Gasteiger partial charge in [-0.2, -0.15) is 0 Å². The van der Waals surface area contributed by atoms with Gasteiger partial charge in [0, 0.05) is 23.0 Å². The van der Waals surface area contributed by atoms with Gasteiger partial charge in [0.2, 0.25) is 0 Å². The normalized spacial score (nSPS) is 25.2. The van der Waals surface area contributed by atoms with Crippen molar-refractivity contribution in [2.45, 2.75) is 31.6 Å². The summed E-state index contributed by atoms with van der Waals surface area (Å²) in [6.07, 6.45) is 4.88. The van der Waals surface area contributed by atoms with Crippen LogP contribution < -0.4 is 9.47 Å². The van der Waals surface area contributed by atoms with E-state index in [1.165, 1.54) is 29.5 Å². The number of ether oxygens (including phenoxy) is 2. The van der Waals surface area contributed by atoms with Crippen LogP contribution in [0.5, 0.6) is 11.5 Å². The van der Waals surface area contributed by atoms with E-state index in [0.29, 0.717) is 11.8 Å². The lowest BCUT2D eigenvalue weighted by molar-refractivity contribution is 0.376. The molecule has 0 aliphatic heterocycles. The molecule has 0 radical (unpaired) electrons. The second kappa shape index (κ2) is 3.80. The predicted molar refractivity (Wildman–Crippen MR) is 68.0 cm³/mol. The van der Waals surface area contributed by atoms with Gasteiger partial charge >= 0.3 is 0 Å². The van der Waals surface area contributed by atoms with E-state index in [-0.39, 0.29) is 0 Å². The van der Waals surface area contributed by atoms with Crippen molar-refractivity contribution >= 4 is 0 Å². The predicted octanol–water partition coefficient (Wildman–Crippen LogP) is 3.62. The summed E-state index contributed by atoms with van der Waals surface area (Å²) < 4.78 is 11.0. The zero-order valence-corrected chi connectivity index (χ0v) is 10.6. The quantitative estimate of drug-likeness (QED) is 0.722. The van der Waals surface area contributed by atoms with Crippen LogP contribution in [0.15, 0.2) is 23.8 Å². The molecule has 0 heterocycles. The van der Waals surface area contributed by atoms with E-state index in [1.807, 2.05) is 12.1 Å². The first-order valence-electron chi connectivity index (χ1n) is 6.19. The minimum atomic E-state index is 0.514. The highest BCUT2D eigenvalue weighted by molar-refractivity contribution is 5.59. The van der Waals surface area contributed by atoms with E-state index >= 15 is 0 Å². The highest BCUT2D eigenvalue weighted by Gasteiger charge is 2.36. The van der Waals surface area contributed by atoms with Crippen LogP contribution >= 0.6 is 0 Å². The van der Waals surface area contributed by atoms with Crippen LogP contribution in [0.2, 0.25) is 0 Å². The molecular formula is C15H18O2. The first kappa shape index (κ1) is 10.7.